The monoisotopic (exact) mass is 252 g/mol. The predicted octanol–water partition coefficient (Wildman–Crippen LogP) is 3.42. The lowest BCUT2D eigenvalue weighted by Crippen LogP contribution is -2.49. The Morgan fingerprint density at radius 3 is 2.61 bits per heavy atom. The Labute approximate surface area is 114 Å². The van der Waals surface area contributed by atoms with Gasteiger partial charge in [0.1, 0.15) is 0 Å². The van der Waals surface area contributed by atoms with Gasteiger partial charge in [-0.3, -0.25) is 4.90 Å². The molecule has 1 unspecified atom stereocenters. The minimum atomic E-state index is 0.630. The Morgan fingerprint density at radius 2 is 1.94 bits per heavy atom. The van der Waals surface area contributed by atoms with E-state index in [1.165, 1.54) is 77.5 Å². The molecule has 2 saturated heterocycles. The average Bonchev–Trinajstić information content (AvgIpc) is 2.40. The van der Waals surface area contributed by atoms with Gasteiger partial charge < -0.3 is 5.32 Å². The van der Waals surface area contributed by atoms with E-state index in [0.717, 1.165) is 6.04 Å². The number of hydrogen-bond donors (Lipinski definition) is 1. The van der Waals surface area contributed by atoms with Gasteiger partial charge in [-0.15, -0.1) is 0 Å². The number of likely N-dealkylation sites (tertiary alicyclic amines) is 1. The number of nitrogens with zero attached hydrogens (tertiary/aromatic N) is 1. The van der Waals surface area contributed by atoms with Crippen molar-refractivity contribution in [2.75, 3.05) is 26.2 Å². The van der Waals surface area contributed by atoms with E-state index in [4.69, 9.17) is 0 Å². The van der Waals surface area contributed by atoms with Crippen LogP contribution < -0.4 is 5.32 Å². The lowest BCUT2D eigenvalue weighted by Gasteiger charge is -2.45. The van der Waals surface area contributed by atoms with E-state index in [0.29, 0.717) is 5.41 Å². The normalized spacial score (nSPS) is 29.3. The van der Waals surface area contributed by atoms with Crippen molar-refractivity contribution < 1.29 is 0 Å². The third-order valence-electron chi connectivity index (χ3n) is 5.20. The first-order valence-corrected chi connectivity index (χ1v) is 8.24. The van der Waals surface area contributed by atoms with Gasteiger partial charge in [-0.2, -0.15) is 0 Å². The SMILES string of the molecule is CCCC1(CN2CCCCC2CC)CCNCC1. The maximum absolute atomic E-state index is 3.54. The van der Waals surface area contributed by atoms with Crippen LogP contribution in [0.4, 0.5) is 0 Å². The van der Waals surface area contributed by atoms with Gasteiger partial charge in [0.05, 0.1) is 0 Å². The first-order valence-electron chi connectivity index (χ1n) is 8.24. The van der Waals surface area contributed by atoms with E-state index < -0.39 is 0 Å². The molecule has 2 fully saturated rings. The molecule has 0 saturated carbocycles. The molecule has 0 radical (unpaired) electrons. The van der Waals surface area contributed by atoms with Crippen molar-refractivity contribution in [3.05, 3.63) is 0 Å². The first kappa shape index (κ1) is 14.3. The molecule has 2 heteroatoms. The molecule has 0 aromatic heterocycles. The van der Waals surface area contributed by atoms with Crippen molar-refractivity contribution in [3.63, 3.8) is 0 Å². The third kappa shape index (κ3) is 3.48. The second-order valence-corrected chi connectivity index (χ2v) is 6.53. The summed E-state index contributed by atoms with van der Waals surface area (Å²) in [4.78, 5) is 2.84. The van der Waals surface area contributed by atoms with Crippen LogP contribution >= 0.6 is 0 Å². The first-order chi connectivity index (χ1) is 8.79. The predicted molar refractivity (Wildman–Crippen MR) is 78.9 cm³/mol. The zero-order valence-corrected chi connectivity index (χ0v) is 12.5. The highest BCUT2D eigenvalue weighted by molar-refractivity contribution is 4.89. The molecule has 2 nitrogen and oxygen atoms in total. The maximum atomic E-state index is 3.54. The zero-order valence-electron chi connectivity index (χ0n) is 12.5. The van der Waals surface area contributed by atoms with Crippen molar-refractivity contribution in [3.8, 4) is 0 Å². The Hall–Kier alpha value is -0.0800. The highest BCUT2D eigenvalue weighted by atomic mass is 15.2. The molecule has 0 aromatic carbocycles. The smallest absolute Gasteiger partial charge is 0.00928 e. The Morgan fingerprint density at radius 1 is 1.17 bits per heavy atom. The molecule has 106 valence electrons. The van der Waals surface area contributed by atoms with Crippen LogP contribution in [-0.4, -0.2) is 37.1 Å². The van der Waals surface area contributed by atoms with Gasteiger partial charge >= 0.3 is 0 Å². The van der Waals surface area contributed by atoms with Gasteiger partial charge in [0.15, 0.2) is 0 Å². The third-order valence-corrected chi connectivity index (χ3v) is 5.20. The summed E-state index contributed by atoms with van der Waals surface area (Å²) < 4.78 is 0. The van der Waals surface area contributed by atoms with Crippen LogP contribution in [0.5, 0.6) is 0 Å². The molecule has 2 aliphatic rings. The van der Waals surface area contributed by atoms with E-state index in [1.807, 2.05) is 0 Å². The van der Waals surface area contributed by atoms with Crippen LogP contribution in [0.25, 0.3) is 0 Å². The molecule has 2 aliphatic heterocycles. The minimum absolute atomic E-state index is 0.630. The van der Waals surface area contributed by atoms with E-state index in [9.17, 15) is 0 Å². The second-order valence-electron chi connectivity index (χ2n) is 6.53. The van der Waals surface area contributed by atoms with Crippen LogP contribution in [0, 0.1) is 5.41 Å². The van der Waals surface area contributed by atoms with Crippen LogP contribution in [0.2, 0.25) is 0 Å². The standard InChI is InChI=1S/C16H32N2/c1-3-8-16(9-11-17-12-10-16)14-18-13-6-5-7-15(18)4-2/h15,17H,3-14H2,1-2H3. The van der Waals surface area contributed by atoms with Crippen LogP contribution in [-0.2, 0) is 0 Å². The minimum Gasteiger partial charge on any atom is -0.317 e. The highest BCUT2D eigenvalue weighted by Gasteiger charge is 2.35. The van der Waals surface area contributed by atoms with Gasteiger partial charge in [0.2, 0.25) is 0 Å². The van der Waals surface area contributed by atoms with Crippen molar-refractivity contribution in [2.24, 2.45) is 5.41 Å². The molecule has 2 heterocycles. The lowest BCUT2D eigenvalue weighted by atomic mass is 9.74. The summed E-state index contributed by atoms with van der Waals surface area (Å²) in [6, 6.07) is 0.877. The van der Waals surface area contributed by atoms with Gasteiger partial charge in [-0.25, -0.2) is 0 Å². The maximum Gasteiger partial charge on any atom is 0.00928 e. The number of hydrogen-bond acceptors (Lipinski definition) is 2. The van der Waals surface area contributed by atoms with Crippen molar-refractivity contribution in [1.82, 2.24) is 10.2 Å². The Balaban J connectivity index is 1.98. The molecule has 0 aromatic rings. The van der Waals surface area contributed by atoms with Crippen molar-refractivity contribution in [1.29, 1.82) is 0 Å². The highest BCUT2D eigenvalue weighted by Crippen LogP contribution is 2.36. The van der Waals surface area contributed by atoms with Crippen LogP contribution in [0.3, 0.4) is 0 Å². The molecule has 1 N–H and O–H groups in total. The summed E-state index contributed by atoms with van der Waals surface area (Å²) in [5, 5.41) is 3.54. The summed E-state index contributed by atoms with van der Waals surface area (Å²) in [6.07, 6.45) is 11.2. The van der Waals surface area contributed by atoms with Gasteiger partial charge in [0.25, 0.3) is 0 Å². The second kappa shape index (κ2) is 6.91. The lowest BCUT2D eigenvalue weighted by molar-refractivity contribution is 0.0519. The zero-order chi connectivity index (χ0) is 12.8. The van der Waals surface area contributed by atoms with Gasteiger partial charge in [0, 0.05) is 12.6 Å². The summed E-state index contributed by atoms with van der Waals surface area (Å²) in [5.74, 6) is 0. The topological polar surface area (TPSA) is 15.3 Å². The molecular formula is C16H32N2. The molecule has 1 atom stereocenters. The van der Waals surface area contributed by atoms with Gasteiger partial charge in [-0.1, -0.05) is 26.7 Å². The number of rotatable bonds is 5. The van der Waals surface area contributed by atoms with E-state index in [-0.39, 0.29) is 0 Å². The molecule has 0 bridgehead atoms. The summed E-state index contributed by atoms with van der Waals surface area (Å²) in [6.45, 7) is 9.95. The largest absolute Gasteiger partial charge is 0.317 e. The fraction of sp³-hybridized carbons (Fsp3) is 1.00. The van der Waals surface area contributed by atoms with Crippen LogP contribution in [0.1, 0.15) is 65.2 Å². The van der Waals surface area contributed by atoms with E-state index >= 15 is 0 Å². The van der Waals surface area contributed by atoms with E-state index in [1.54, 1.807) is 0 Å². The van der Waals surface area contributed by atoms with E-state index in [2.05, 4.69) is 24.1 Å². The molecule has 18 heavy (non-hydrogen) atoms. The molecule has 0 amide bonds. The summed E-state index contributed by atoms with van der Waals surface area (Å²) >= 11 is 0. The fourth-order valence-corrected chi connectivity index (χ4v) is 4.14. The summed E-state index contributed by atoms with van der Waals surface area (Å²) in [7, 11) is 0. The van der Waals surface area contributed by atoms with Crippen molar-refractivity contribution >= 4 is 0 Å². The van der Waals surface area contributed by atoms with Crippen molar-refractivity contribution in [2.45, 2.75) is 71.3 Å². The van der Waals surface area contributed by atoms with Gasteiger partial charge in [-0.05, 0) is 63.6 Å². The molecule has 0 spiro atoms. The number of nitrogens with one attached hydrogen (secondary N) is 1. The average molecular weight is 252 g/mol. The Kier molecular flexibility index (Phi) is 5.50. The summed E-state index contributed by atoms with van der Waals surface area (Å²) in [5.41, 5.74) is 0.630. The fourth-order valence-electron chi connectivity index (χ4n) is 4.14. The van der Waals surface area contributed by atoms with Crippen LogP contribution in [0.15, 0.2) is 0 Å². The Bertz CT molecular complexity index is 228. The quantitative estimate of drug-likeness (QED) is 0.806. The molecule has 2 rings (SSSR count). The molecule has 0 aliphatic carbocycles. The molecular weight excluding hydrogens is 220 g/mol. The number of piperidine rings is 2.